The highest BCUT2D eigenvalue weighted by atomic mass is 35.5. The van der Waals surface area contributed by atoms with Gasteiger partial charge in [0.25, 0.3) is 5.91 Å². The molecule has 130 valence electrons. The van der Waals surface area contributed by atoms with E-state index in [4.69, 9.17) is 16.3 Å². The highest BCUT2D eigenvalue weighted by Gasteiger charge is 2.20. The van der Waals surface area contributed by atoms with E-state index in [2.05, 4.69) is 10.3 Å². The molecule has 0 saturated heterocycles. The molecule has 4 rings (SSSR count). The third kappa shape index (κ3) is 3.04. The number of rotatable bonds is 3. The Hall–Kier alpha value is -2.85. The number of amides is 1. The SMILES string of the molecule is CC(NC(=O)c1ccc2c(c1)COc1cnccc1-2)c1ccccc1Cl. The summed E-state index contributed by atoms with van der Waals surface area (Å²) in [5.74, 6) is 0.630. The lowest BCUT2D eigenvalue weighted by Crippen LogP contribution is -2.27. The molecule has 2 aromatic carbocycles. The number of aromatic nitrogens is 1. The van der Waals surface area contributed by atoms with Crippen LogP contribution in [0.2, 0.25) is 5.02 Å². The molecule has 1 atom stereocenters. The van der Waals surface area contributed by atoms with Crippen LogP contribution in [0.15, 0.2) is 60.9 Å². The monoisotopic (exact) mass is 364 g/mol. The molecule has 1 aromatic heterocycles. The van der Waals surface area contributed by atoms with Crippen LogP contribution in [0.5, 0.6) is 5.75 Å². The summed E-state index contributed by atoms with van der Waals surface area (Å²) in [5.41, 5.74) is 4.55. The Morgan fingerprint density at radius 3 is 2.88 bits per heavy atom. The van der Waals surface area contributed by atoms with Crippen molar-refractivity contribution in [3.05, 3.63) is 82.6 Å². The van der Waals surface area contributed by atoms with Gasteiger partial charge < -0.3 is 10.1 Å². The summed E-state index contributed by atoms with van der Waals surface area (Å²) < 4.78 is 5.74. The van der Waals surface area contributed by atoms with Crippen LogP contribution in [0.4, 0.5) is 0 Å². The van der Waals surface area contributed by atoms with Crippen LogP contribution in [0.3, 0.4) is 0 Å². The van der Waals surface area contributed by atoms with Gasteiger partial charge in [0.15, 0.2) is 0 Å². The normalized spacial score (nSPS) is 13.2. The molecule has 0 bridgehead atoms. The Kier molecular flexibility index (Phi) is 4.35. The molecule has 3 aromatic rings. The van der Waals surface area contributed by atoms with Gasteiger partial charge in [0.1, 0.15) is 12.4 Å². The van der Waals surface area contributed by atoms with Gasteiger partial charge in [-0.25, -0.2) is 0 Å². The topological polar surface area (TPSA) is 51.2 Å². The Labute approximate surface area is 156 Å². The Bertz CT molecular complexity index is 987. The second-order valence-corrected chi connectivity index (χ2v) is 6.66. The van der Waals surface area contributed by atoms with Gasteiger partial charge in [-0.15, -0.1) is 0 Å². The van der Waals surface area contributed by atoms with Crippen molar-refractivity contribution >= 4 is 17.5 Å². The number of nitrogens with zero attached hydrogens (tertiary/aromatic N) is 1. The Balaban J connectivity index is 1.58. The number of carbonyl (C=O) groups is 1. The number of halogens is 1. The number of benzene rings is 2. The summed E-state index contributed by atoms with van der Waals surface area (Å²) in [7, 11) is 0. The van der Waals surface area contributed by atoms with Crippen molar-refractivity contribution in [2.75, 3.05) is 0 Å². The molecule has 0 aliphatic carbocycles. The number of hydrogen-bond donors (Lipinski definition) is 1. The molecule has 4 nitrogen and oxygen atoms in total. The fraction of sp³-hybridized carbons (Fsp3) is 0.143. The second kappa shape index (κ2) is 6.81. The van der Waals surface area contributed by atoms with Gasteiger partial charge in [0.2, 0.25) is 0 Å². The third-order valence-corrected chi connectivity index (χ3v) is 4.89. The van der Waals surface area contributed by atoms with E-state index in [-0.39, 0.29) is 11.9 Å². The van der Waals surface area contributed by atoms with Crippen molar-refractivity contribution in [3.8, 4) is 16.9 Å². The quantitative estimate of drug-likeness (QED) is 0.727. The fourth-order valence-electron chi connectivity index (χ4n) is 3.17. The number of hydrogen-bond acceptors (Lipinski definition) is 3. The van der Waals surface area contributed by atoms with Gasteiger partial charge in [-0.2, -0.15) is 0 Å². The van der Waals surface area contributed by atoms with E-state index in [0.29, 0.717) is 17.2 Å². The molecule has 5 heteroatoms. The van der Waals surface area contributed by atoms with E-state index in [1.807, 2.05) is 55.5 Å². The van der Waals surface area contributed by atoms with Gasteiger partial charge in [0.05, 0.1) is 12.2 Å². The maximum absolute atomic E-state index is 12.7. The van der Waals surface area contributed by atoms with Crippen molar-refractivity contribution in [2.24, 2.45) is 0 Å². The Morgan fingerprint density at radius 2 is 2.04 bits per heavy atom. The molecule has 1 N–H and O–H groups in total. The number of nitrogens with one attached hydrogen (secondary N) is 1. The average Bonchev–Trinajstić information content (AvgIpc) is 2.67. The fourth-order valence-corrected chi connectivity index (χ4v) is 3.47. The third-order valence-electron chi connectivity index (χ3n) is 4.54. The van der Waals surface area contributed by atoms with Crippen LogP contribution >= 0.6 is 11.6 Å². The molecule has 0 radical (unpaired) electrons. The van der Waals surface area contributed by atoms with E-state index < -0.39 is 0 Å². The highest BCUT2D eigenvalue weighted by Crippen LogP contribution is 2.37. The number of carbonyl (C=O) groups excluding carboxylic acids is 1. The number of pyridine rings is 1. The van der Waals surface area contributed by atoms with Gasteiger partial charge in [0, 0.05) is 22.3 Å². The number of fused-ring (bicyclic) bond motifs is 3. The molecule has 1 unspecified atom stereocenters. The van der Waals surface area contributed by atoms with E-state index >= 15 is 0 Å². The first kappa shape index (κ1) is 16.6. The first-order valence-electron chi connectivity index (χ1n) is 8.39. The molecule has 1 aliphatic rings. The minimum absolute atomic E-state index is 0.138. The van der Waals surface area contributed by atoms with Crippen LogP contribution < -0.4 is 10.1 Å². The summed E-state index contributed by atoms with van der Waals surface area (Å²) in [4.78, 5) is 16.8. The maximum atomic E-state index is 12.7. The zero-order chi connectivity index (χ0) is 18.1. The van der Waals surface area contributed by atoms with E-state index in [1.165, 1.54) is 0 Å². The molecule has 0 fully saturated rings. The summed E-state index contributed by atoms with van der Waals surface area (Å²) in [6, 6.07) is 14.9. The lowest BCUT2D eigenvalue weighted by atomic mass is 9.96. The van der Waals surface area contributed by atoms with Crippen molar-refractivity contribution in [1.82, 2.24) is 10.3 Å². The van der Waals surface area contributed by atoms with Gasteiger partial charge in [-0.1, -0.05) is 35.9 Å². The first-order chi connectivity index (χ1) is 12.6. The molecule has 1 amide bonds. The summed E-state index contributed by atoms with van der Waals surface area (Å²) >= 11 is 6.22. The van der Waals surface area contributed by atoms with E-state index in [0.717, 1.165) is 28.0 Å². The molecular weight excluding hydrogens is 348 g/mol. The van der Waals surface area contributed by atoms with Crippen LogP contribution in [0, 0.1) is 0 Å². The molecule has 1 aliphatic heterocycles. The molecule has 26 heavy (non-hydrogen) atoms. The Morgan fingerprint density at radius 1 is 1.19 bits per heavy atom. The maximum Gasteiger partial charge on any atom is 0.251 e. The largest absolute Gasteiger partial charge is 0.487 e. The van der Waals surface area contributed by atoms with E-state index in [9.17, 15) is 4.79 Å². The average molecular weight is 365 g/mol. The predicted molar refractivity (Wildman–Crippen MR) is 101 cm³/mol. The summed E-state index contributed by atoms with van der Waals surface area (Å²) in [6.07, 6.45) is 3.45. The lowest BCUT2D eigenvalue weighted by molar-refractivity contribution is 0.0939. The zero-order valence-electron chi connectivity index (χ0n) is 14.2. The molecule has 0 saturated carbocycles. The van der Waals surface area contributed by atoms with Crippen LogP contribution in [0.1, 0.15) is 34.5 Å². The van der Waals surface area contributed by atoms with Crippen LogP contribution in [-0.2, 0) is 6.61 Å². The van der Waals surface area contributed by atoms with Crippen LogP contribution in [-0.4, -0.2) is 10.9 Å². The first-order valence-corrected chi connectivity index (χ1v) is 8.76. The number of ether oxygens (including phenoxy) is 1. The summed E-state index contributed by atoms with van der Waals surface area (Å²) in [5, 5.41) is 3.65. The molecule has 2 heterocycles. The molecular formula is C21H17ClN2O2. The van der Waals surface area contributed by atoms with E-state index in [1.54, 1.807) is 12.4 Å². The van der Waals surface area contributed by atoms with Gasteiger partial charge >= 0.3 is 0 Å². The van der Waals surface area contributed by atoms with Crippen molar-refractivity contribution in [2.45, 2.75) is 19.6 Å². The lowest BCUT2D eigenvalue weighted by Gasteiger charge is -2.21. The minimum atomic E-state index is -0.185. The smallest absolute Gasteiger partial charge is 0.251 e. The standard InChI is InChI=1S/C21H17ClN2O2/c1-13(16-4-2-3-5-19(16)22)24-21(25)14-6-7-17-15(10-14)12-26-20-11-23-9-8-18(17)20/h2-11,13H,12H2,1H3,(H,24,25). The van der Waals surface area contributed by atoms with Gasteiger partial charge in [-0.3, -0.25) is 9.78 Å². The van der Waals surface area contributed by atoms with Crippen molar-refractivity contribution in [3.63, 3.8) is 0 Å². The van der Waals surface area contributed by atoms with Crippen LogP contribution in [0.25, 0.3) is 11.1 Å². The summed E-state index contributed by atoms with van der Waals surface area (Å²) in [6.45, 7) is 2.35. The van der Waals surface area contributed by atoms with Gasteiger partial charge in [-0.05, 0) is 47.9 Å². The minimum Gasteiger partial charge on any atom is -0.487 e. The molecule has 0 spiro atoms. The van der Waals surface area contributed by atoms with Crippen molar-refractivity contribution < 1.29 is 9.53 Å². The highest BCUT2D eigenvalue weighted by molar-refractivity contribution is 6.31. The van der Waals surface area contributed by atoms with Crippen molar-refractivity contribution in [1.29, 1.82) is 0 Å². The zero-order valence-corrected chi connectivity index (χ0v) is 15.0. The predicted octanol–water partition coefficient (Wildman–Crippen LogP) is 4.79. The second-order valence-electron chi connectivity index (χ2n) is 6.25.